The van der Waals surface area contributed by atoms with Gasteiger partial charge in [0.05, 0.1) is 28.5 Å². The Hall–Kier alpha value is -3.51. The highest BCUT2D eigenvalue weighted by Gasteiger charge is 2.60. The quantitative estimate of drug-likeness (QED) is 0.304. The molecular weight excluding hydrogens is 517 g/mol. The van der Waals surface area contributed by atoms with Crippen LogP contribution in [0.25, 0.3) is 0 Å². The van der Waals surface area contributed by atoms with Gasteiger partial charge in [0.25, 0.3) is 11.8 Å². The molecule has 0 fully saturated rings. The van der Waals surface area contributed by atoms with Crippen LogP contribution in [0.2, 0.25) is 15.1 Å². The molecule has 1 atom stereocenters. The normalized spacial score (nSPS) is 18.3. The number of anilines is 3. The molecule has 1 N–H and O–H groups in total. The maximum absolute atomic E-state index is 14.6. The summed E-state index contributed by atoms with van der Waals surface area (Å²) in [6.45, 7) is 0.129. The van der Waals surface area contributed by atoms with E-state index in [1.165, 1.54) is 4.90 Å². The molecule has 4 aromatic carbocycles. The molecule has 1 spiro atoms. The highest BCUT2D eigenvalue weighted by atomic mass is 35.5. The lowest BCUT2D eigenvalue weighted by Gasteiger charge is -2.45. The van der Waals surface area contributed by atoms with Crippen molar-refractivity contribution in [1.29, 1.82) is 0 Å². The second-order valence-electron chi connectivity index (χ2n) is 8.58. The van der Waals surface area contributed by atoms with Crippen LogP contribution < -0.4 is 15.1 Å². The van der Waals surface area contributed by atoms with Gasteiger partial charge in [-0.3, -0.25) is 14.5 Å². The Balaban J connectivity index is 1.60. The molecule has 0 saturated carbocycles. The average Bonchev–Trinajstić information content (AvgIpc) is 3.10. The van der Waals surface area contributed by atoms with Crippen molar-refractivity contribution < 1.29 is 9.59 Å². The van der Waals surface area contributed by atoms with Gasteiger partial charge in [-0.15, -0.1) is 0 Å². The zero-order valence-corrected chi connectivity index (χ0v) is 21.0. The molecule has 4 aromatic rings. The van der Waals surface area contributed by atoms with Crippen molar-refractivity contribution in [3.8, 4) is 0 Å². The van der Waals surface area contributed by atoms with Gasteiger partial charge in [0, 0.05) is 26.9 Å². The van der Waals surface area contributed by atoms with E-state index in [1.807, 2.05) is 30.3 Å². The number of nitrogens with zero attached hydrogens (tertiary/aromatic N) is 2. The van der Waals surface area contributed by atoms with Gasteiger partial charge in [-0.25, -0.2) is 0 Å². The van der Waals surface area contributed by atoms with Gasteiger partial charge in [0.15, 0.2) is 0 Å². The SMILES string of the molecule is O=C1c2ccccc2N[C@]2(C(=O)N(Cc3c(Cl)cccc3Cl)c3ccccc32)N1c1ccccc1Cl. The van der Waals surface area contributed by atoms with E-state index >= 15 is 0 Å². The van der Waals surface area contributed by atoms with E-state index in [0.717, 1.165) is 0 Å². The molecule has 36 heavy (non-hydrogen) atoms. The summed E-state index contributed by atoms with van der Waals surface area (Å²) in [4.78, 5) is 31.7. The lowest BCUT2D eigenvalue weighted by Crippen LogP contribution is -2.63. The predicted octanol–water partition coefficient (Wildman–Crippen LogP) is 7.12. The first-order chi connectivity index (χ1) is 17.4. The average molecular weight is 535 g/mol. The number of para-hydroxylation sites is 3. The van der Waals surface area contributed by atoms with Gasteiger partial charge < -0.3 is 10.2 Å². The number of benzene rings is 4. The summed E-state index contributed by atoms with van der Waals surface area (Å²) in [5.41, 5.74) is 1.75. The molecule has 0 aliphatic carbocycles. The number of nitrogens with one attached hydrogen (secondary N) is 1. The number of hydrogen-bond donors (Lipinski definition) is 1. The van der Waals surface area contributed by atoms with Crippen molar-refractivity contribution >= 4 is 63.7 Å². The Bertz CT molecular complexity index is 1540. The van der Waals surface area contributed by atoms with Crippen molar-refractivity contribution in [2.45, 2.75) is 12.2 Å². The van der Waals surface area contributed by atoms with Crippen LogP contribution in [0, 0.1) is 0 Å². The summed E-state index contributed by atoms with van der Waals surface area (Å²) in [5.74, 6) is -0.680. The summed E-state index contributed by atoms with van der Waals surface area (Å²) in [6, 6.07) is 26.8. The Morgan fingerprint density at radius 2 is 1.31 bits per heavy atom. The molecule has 0 unspecified atom stereocenters. The van der Waals surface area contributed by atoms with Crippen LogP contribution in [0.1, 0.15) is 21.5 Å². The minimum Gasteiger partial charge on any atom is -0.350 e. The molecule has 0 bridgehead atoms. The van der Waals surface area contributed by atoms with Crippen molar-refractivity contribution in [2.24, 2.45) is 0 Å². The zero-order chi connectivity index (χ0) is 25.0. The summed E-state index contributed by atoms with van der Waals surface area (Å²) >= 11 is 19.6. The van der Waals surface area contributed by atoms with Crippen molar-refractivity contribution in [3.63, 3.8) is 0 Å². The number of halogens is 3. The first kappa shape index (κ1) is 22.9. The first-order valence-corrected chi connectivity index (χ1v) is 12.4. The summed E-state index contributed by atoms with van der Waals surface area (Å²) in [6.07, 6.45) is 0. The van der Waals surface area contributed by atoms with E-state index in [-0.39, 0.29) is 18.4 Å². The fraction of sp³-hybridized carbons (Fsp3) is 0.0714. The van der Waals surface area contributed by atoms with E-state index in [2.05, 4.69) is 5.32 Å². The molecule has 2 aliphatic heterocycles. The van der Waals surface area contributed by atoms with Crippen LogP contribution in [0.5, 0.6) is 0 Å². The third-order valence-electron chi connectivity index (χ3n) is 6.62. The third kappa shape index (κ3) is 3.24. The smallest absolute Gasteiger partial charge is 0.279 e. The molecule has 178 valence electrons. The number of rotatable bonds is 3. The van der Waals surface area contributed by atoms with E-state index in [1.54, 1.807) is 65.6 Å². The molecule has 5 nitrogen and oxygen atoms in total. The monoisotopic (exact) mass is 533 g/mol. The van der Waals surface area contributed by atoms with Crippen molar-refractivity contribution in [1.82, 2.24) is 0 Å². The van der Waals surface area contributed by atoms with Crippen LogP contribution in [-0.2, 0) is 17.0 Å². The number of carbonyl (C=O) groups is 2. The fourth-order valence-corrected chi connectivity index (χ4v) is 5.73. The Morgan fingerprint density at radius 3 is 2.06 bits per heavy atom. The van der Waals surface area contributed by atoms with E-state index < -0.39 is 5.66 Å². The molecule has 2 heterocycles. The fourth-order valence-electron chi connectivity index (χ4n) is 5.00. The lowest BCUT2D eigenvalue weighted by molar-refractivity contribution is -0.122. The minimum absolute atomic E-state index is 0.129. The molecular formula is C28H18Cl3N3O2. The highest BCUT2D eigenvalue weighted by molar-refractivity contribution is 6.36. The Kier molecular flexibility index (Phi) is 5.45. The summed E-state index contributed by atoms with van der Waals surface area (Å²) in [5, 5.41) is 4.68. The van der Waals surface area contributed by atoms with Crippen LogP contribution in [0.15, 0.2) is 91.0 Å². The van der Waals surface area contributed by atoms with Gasteiger partial charge in [0.2, 0.25) is 5.66 Å². The van der Waals surface area contributed by atoms with Gasteiger partial charge in [0.1, 0.15) is 0 Å². The van der Waals surface area contributed by atoms with Gasteiger partial charge >= 0.3 is 0 Å². The highest BCUT2D eigenvalue weighted by Crippen LogP contribution is 2.51. The van der Waals surface area contributed by atoms with E-state index in [9.17, 15) is 9.59 Å². The van der Waals surface area contributed by atoms with Gasteiger partial charge in [-0.05, 0) is 42.5 Å². The standard InChI is InChI=1S/C28H18Cl3N3O2/c29-20-11-7-12-21(30)18(20)16-33-24-14-5-2-9-19(24)28(27(33)36)32-23-13-4-1-8-17(23)26(35)34(28)25-15-6-3-10-22(25)31/h1-15,32H,16H2/t28-/m0/s1. The molecule has 2 amide bonds. The summed E-state index contributed by atoms with van der Waals surface area (Å²) < 4.78 is 0. The molecule has 0 aromatic heterocycles. The van der Waals surface area contributed by atoms with Gasteiger partial charge in [-0.1, -0.05) is 83.3 Å². The largest absolute Gasteiger partial charge is 0.350 e. The molecule has 8 heteroatoms. The first-order valence-electron chi connectivity index (χ1n) is 11.2. The van der Waals surface area contributed by atoms with Crippen LogP contribution in [-0.4, -0.2) is 11.8 Å². The second kappa shape index (κ2) is 8.56. The number of fused-ring (bicyclic) bond motifs is 3. The number of amides is 2. The zero-order valence-electron chi connectivity index (χ0n) is 18.7. The van der Waals surface area contributed by atoms with E-state index in [0.29, 0.717) is 48.8 Å². The third-order valence-corrected chi connectivity index (χ3v) is 7.65. The predicted molar refractivity (Wildman–Crippen MR) is 144 cm³/mol. The maximum Gasteiger partial charge on any atom is 0.279 e. The van der Waals surface area contributed by atoms with Crippen LogP contribution in [0.3, 0.4) is 0 Å². The Labute approximate surface area is 222 Å². The Morgan fingerprint density at radius 1 is 0.694 bits per heavy atom. The topological polar surface area (TPSA) is 52.7 Å². The maximum atomic E-state index is 14.6. The van der Waals surface area contributed by atoms with Crippen LogP contribution in [0.4, 0.5) is 17.1 Å². The minimum atomic E-state index is -1.57. The molecule has 0 radical (unpaired) electrons. The number of hydrogen-bond acceptors (Lipinski definition) is 3. The van der Waals surface area contributed by atoms with Crippen molar-refractivity contribution in [2.75, 3.05) is 15.1 Å². The molecule has 2 aliphatic rings. The second-order valence-corrected chi connectivity index (χ2v) is 9.80. The summed E-state index contributed by atoms with van der Waals surface area (Å²) in [7, 11) is 0. The van der Waals surface area contributed by atoms with E-state index in [4.69, 9.17) is 34.8 Å². The molecule has 0 saturated heterocycles. The molecule has 6 rings (SSSR count). The van der Waals surface area contributed by atoms with Crippen molar-refractivity contribution in [3.05, 3.63) is 123 Å². The lowest BCUT2D eigenvalue weighted by atomic mass is 9.92. The van der Waals surface area contributed by atoms with Crippen LogP contribution >= 0.6 is 34.8 Å². The number of carbonyl (C=O) groups excluding carboxylic acids is 2. The van der Waals surface area contributed by atoms with Gasteiger partial charge in [-0.2, -0.15) is 0 Å².